The zero-order valence-corrected chi connectivity index (χ0v) is 19.5. The second kappa shape index (κ2) is 9.42. The van der Waals surface area contributed by atoms with E-state index < -0.39 is 5.82 Å². The molecule has 0 fully saturated rings. The minimum absolute atomic E-state index is 0.0169. The maximum atomic E-state index is 14.6. The second-order valence-corrected chi connectivity index (χ2v) is 8.74. The fourth-order valence-corrected chi connectivity index (χ4v) is 4.26. The number of aryl methyl sites for hydroxylation is 2. The van der Waals surface area contributed by atoms with Crippen molar-refractivity contribution in [1.29, 1.82) is 0 Å². The number of ether oxygens (including phenoxy) is 1. The Labute approximate surface area is 201 Å². The van der Waals surface area contributed by atoms with Crippen LogP contribution in [0.15, 0.2) is 42.5 Å². The summed E-state index contributed by atoms with van der Waals surface area (Å²) in [7, 11) is 1.92. The Bertz CT molecular complexity index is 1440. The predicted octanol–water partition coefficient (Wildman–Crippen LogP) is 4.56. The summed E-state index contributed by atoms with van der Waals surface area (Å²) in [5.41, 5.74) is 4.39. The number of pyridine rings is 1. The number of carbonyl (C=O) groups is 1. The summed E-state index contributed by atoms with van der Waals surface area (Å²) in [4.78, 5) is 25.1. The molecular weight excluding hydrogens is 452 g/mol. The third-order valence-electron chi connectivity index (χ3n) is 6.28. The van der Waals surface area contributed by atoms with Gasteiger partial charge in [-0.2, -0.15) is 0 Å². The molecule has 0 atom stereocenters. The van der Waals surface area contributed by atoms with Crippen LogP contribution in [0.3, 0.4) is 0 Å². The third-order valence-corrected chi connectivity index (χ3v) is 6.28. The maximum absolute atomic E-state index is 14.6. The Kier molecular flexibility index (Phi) is 6.17. The van der Waals surface area contributed by atoms with Gasteiger partial charge in [0.05, 0.1) is 17.8 Å². The number of aromatic amines is 1. The first kappa shape index (κ1) is 22.9. The maximum Gasteiger partial charge on any atom is 0.214 e. The molecule has 0 saturated heterocycles. The number of carbonyl (C=O) groups excluding carboxylic acids is 1. The summed E-state index contributed by atoms with van der Waals surface area (Å²) < 4.78 is 36.3. The summed E-state index contributed by atoms with van der Waals surface area (Å²) in [6, 6.07) is 9.52. The zero-order chi connectivity index (χ0) is 24.5. The molecule has 0 radical (unpaired) electrons. The van der Waals surface area contributed by atoms with E-state index in [1.54, 1.807) is 12.1 Å². The zero-order valence-electron chi connectivity index (χ0n) is 19.5. The summed E-state index contributed by atoms with van der Waals surface area (Å²) in [6.45, 7) is 3.80. The molecule has 1 aliphatic rings. The number of nitrogens with one attached hydrogen (secondary N) is 1. The van der Waals surface area contributed by atoms with E-state index in [0.717, 1.165) is 28.8 Å². The number of imidazole rings is 1. The molecule has 0 amide bonds. The van der Waals surface area contributed by atoms with Crippen LogP contribution < -0.4 is 4.74 Å². The first-order chi connectivity index (χ1) is 16.9. The lowest BCUT2D eigenvalue weighted by Crippen LogP contribution is -2.29. The normalized spacial score (nSPS) is 14.3. The molecule has 0 bridgehead atoms. The van der Waals surface area contributed by atoms with Crippen LogP contribution in [0.25, 0.3) is 16.7 Å². The lowest BCUT2D eigenvalue weighted by Gasteiger charge is -2.26. The number of aldehydes is 1. The van der Waals surface area contributed by atoms with E-state index in [4.69, 9.17) is 4.74 Å². The molecule has 1 aromatic carbocycles. The fraction of sp³-hybridized carbons (Fsp3) is 0.269. The minimum Gasteiger partial charge on any atom is -0.473 e. The molecule has 5 rings (SSSR count). The summed E-state index contributed by atoms with van der Waals surface area (Å²) in [5, 5.41) is 0. The van der Waals surface area contributed by atoms with Crippen molar-refractivity contribution in [3.8, 4) is 5.88 Å². The Morgan fingerprint density at radius 1 is 1.14 bits per heavy atom. The topological polar surface area (TPSA) is 76.0 Å². The van der Waals surface area contributed by atoms with Gasteiger partial charge in [-0.15, -0.1) is 0 Å². The molecule has 1 N–H and O–H groups in total. The van der Waals surface area contributed by atoms with Crippen LogP contribution in [-0.2, 0) is 20.2 Å². The van der Waals surface area contributed by atoms with Gasteiger partial charge >= 0.3 is 0 Å². The number of hydrogen-bond acceptors (Lipinski definition) is 5. The molecule has 7 nitrogen and oxygen atoms in total. The molecule has 3 aromatic heterocycles. The molecule has 9 heteroatoms. The molecule has 0 unspecified atom stereocenters. The monoisotopic (exact) mass is 477 g/mol. The molecule has 1 aliphatic heterocycles. The van der Waals surface area contributed by atoms with Gasteiger partial charge in [-0.1, -0.05) is 18.2 Å². The largest absolute Gasteiger partial charge is 0.473 e. The smallest absolute Gasteiger partial charge is 0.214 e. The highest BCUT2D eigenvalue weighted by Gasteiger charge is 2.20. The van der Waals surface area contributed by atoms with E-state index in [2.05, 4.69) is 19.9 Å². The lowest BCUT2D eigenvalue weighted by atomic mass is 10.0. The molecule has 180 valence electrons. The number of H-pyrrole nitrogens is 1. The molecule has 0 aliphatic carbocycles. The average molecular weight is 478 g/mol. The number of rotatable bonds is 7. The van der Waals surface area contributed by atoms with Crippen LogP contribution in [0.2, 0.25) is 0 Å². The van der Waals surface area contributed by atoms with Crippen LogP contribution in [0.4, 0.5) is 8.78 Å². The summed E-state index contributed by atoms with van der Waals surface area (Å²) in [6.07, 6.45) is 3.36. The van der Waals surface area contributed by atoms with Crippen molar-refractivity contribution in [1.82, 2.24) is 24.4 Å². The molecule has 0 spiro atoms. The molecule has 35 heavy (non-hydrogen) atoms. The standard InChI is InChI=1S/C26H25F2N5O2/c1-16-3-4-18(21(28)11-16)15-35-24-6-5-20(27)25(31-24)17-7-9-33(10-8-17)13-23-30-26-22(32(23)2)12-19(14-34)29-26/h3-7,11-12,14,29H,8-10,13,15H2,1-2H3. The van der Waals surface area contributed by atoms with Gasteiger partial charge in [0.15, 0.2) is 11.9 Å². The van der Waals surface area contributed by atoms with Crippen molar-refractivity contribution in [2.45, 2.75) is 26.5 Å². The van der Waals surface area contributed by atoms with Gasteiger partial charge in [0.2, 0.25) is 5.88 Å². The minimum atomic E-state index is -0.414. The van der Waals surface area contributed by atoms with Crippen molar-refractivity contribution in [2.75, 3.05) is 13.1 Å². The predicted molar refractivity (Wildman–Crippen MR) is 128 cm³/mol. The van der Waals surface area contributed by atoms with Gasteiger partial charge in [-0.05, 0) is 42.7 Å². The number of halogens is 2. The van der Waals surface area contributed by atoms with Crippen LogP contribution in [0.5, 0.6) is 5.88 Å². The van der Waals surface area contributed by atoms with Gasteiger partial charge < -0.3 is 14.3 Å². The first-order valence-corrected chi connectivity index (χ1v) is 11.4. The van der Waals surface area contributed by atoms with Gasteiger partial charge in [0, 0.05) is 31.8 Å². The SMILES string of the molecule is Cc1ccc(COc2ccc(F)c(C3=CCN(Cc4nc5[nH]c(C=O)cc5n4C)CC3)n2)c(F)c1. The Morgan fingerprint density at radius 3 is 2.71 bits per heavy atom. The number of benzene rings is 1. The highest BCUT2D eigenvalue weighted by Crippen LogP contribution is 2.27. The van der Waals surface area contributed by atoms with Crippen molar-refractivity contribution >= 4 is 23.0 Å². The second-order valence-electron chi connectivity index (χ2n) is 8.74. The van der Waals surface area contributed by atoms with Gasteiger partial charge in [0.1, 0.15) is 29.8 Å². The van der Waals surface area contributed by atoms with E-state index in [-0.39, 0.29) is 24.0 Å². The van der Waals surface area contributed by atoms with E-state index in [0.29, 0.717) is 43.0 Å². The number of aromatic nitrogens is 4. The Hall–Kier alpha value is -3.85. The van der Waals surface area contributed by atoms with Crippen molar-refractivity contribution < 1.29 is 18.3 Å². The van der Waals surface area contributed by atoms with Crippen molar-refractivity contribution in [3.05, 3.63) is 82.4 Å². The summed E-state index contributed by atoms with van der Waals surface area (Å²) >= 11 is 0. The van der Waals surface area contributed by atoms with Gasteiger partial charge in [-0.3, -0.25) is 9.69 Å². The molecule has 4 heterocycles. The molecule has 4 aromatic rings. The van der Waals surface area contributed by atoms with Crippen LogP contribution in [-0.4, -0.2) is 43.8 Å². The van der Waals surface area contributed by atoms with Gasteiger partial charge in [-0.25, -0.2) is 18.7 Å². The van der Waals surface area contributed by atoms with E-state index in [1.807, 2.05) is 30.7 Å². The number of hydrogen-bond donors (Lipinski definition) is 1. The fourth-order valence-electron chi connectivity index (χ4n) is 4.26. The van der Waals surface area contributed by atoms with Crippen LogP contribution >= 0.6 is 0 Å². The number of nitrogens with zero attached hydrogens (tertiary/aromatic N) is 4. The average Bonchev–Trinajstić information content (AvgIpc) is 3.38. The number of fused-ring (bicyclic) bond motifs is 1. The van der Waals surface area contributed by atoms with Gasteiger partial charge in [0.25, 0.3) is 0 Å². The van der Waals surface area contributed by atoms with E-state index >= 15 is 0 Å². The Balaban J connectivity index is 1.26. The quantitative estimate of drug-likeness (QED) is 0.395. The van der Waals surface area contributed by atoms with Crippen molar-refractivity contribution in [2.24, 2.45) is 7.05 Å². The Morgan fingerprint density at radius 2 is 2.00 bits per heavy atom. The summed E-state index contributed by atoms with van der Waals surface area (Å²) in [5.74, 6) is 0.380. The first-order valence-electron chi connectivity index (χ1n) is 11.4. The molecule has 0 saturated carbocycles. The third kappa shape index (κ3) is 4.72. The van der Waals surface area contributed by atoms with E-state index in [9.17, 15) is 13.6 Å². The van der Waals surface area contributed by atoms with Crippen LogP contribution in [0.1, 0.15) is 39.6 Å². The highest BCUT2D eigenvalue weighted by atomic mass is 19.1. The lowest BCUT2D eigenvalue weighted by molar-refractivity contribution is 0.111. The highest BCUT2D eigenvalue weighted by molar-refractivity contribution is 5.84. The van der Waals surface area contributed by atoms with Crippen LogP contribution in [0, 0.1) is 18.6 Å². The van der Waals surface area contributed by atoms with Crippen molar-refractivity contribution in [3.63, 3.8) is 0 Å². The van der Waals surface area contributed by atoms with E-state index in [1.165, 1.54) is 18.2 Å². The molecular formula is C26H25F2N5O2.